The molecule has 0 aromatic carbocycles. The van der Waals surface area contributed by atoms with Crippen LogP contribution in [-0.4, -0.2) is 12.4 Å². The van der Waals surface area contributed by atoms with E-state index in [1.165, 1.54) is 0 Å². The van der Waals surface area contributed by atoms with E-state index in [4.69, 9.17) is 13.7 Å². The van der Waals surface area contributed by atoms with Crippen molar-refractivity contribution in [3.63, 3.8) is 0 Å². The summed E-state index contributed by atoms with van der Waals surface area (Å²) < 4.78 is 18.8. The third-order valence-corrected chi connectivity index (χ3v) is 2.29. The zero-order valence-electron chi connectivity index (χ0n) is 3.94. The monoisotopic (exact) mass is 120 g/mol. The van der Waals surface area contributed by atoms with E-state index in [2.05, 4.69) is 0 Å². The minimum Gasteiger partial charge on any atom is -0.300 e. The molecular weight excluding hydrogens is 112 g/mol. The topological polar surface area (TPSA) is 56.9 Å². The van der Waals surface area contributed by atoms with Crippen molar-refractivity contribution >= 4 is 9.90 Å². The summed E-state index contributed by atoms with van der Waals surface area (Å²) in [4.78, 5) is 0. The van der Waals surface area contributed by atoms with Crippen LogP contribution in [0.25, 0.3) is 0 Å². The molecule has 1 rings (SSSR count). The van der Waals surface area contributed by atoms with Crippen LogP contribution < -0.4 is 0 Å². The smallest absolute Gasteiger partial charge is 0.0641 e. The molecule has 0 spiro atoms. The van der Waals surface area contributed by atoms with Gasteiger partial charge in [-0.15, -0.1) is 0 Å². The van der Waals surface area contributed by atoms with Gasteiger partial charge in [0.25, 0.3) is 0 Å². The van der Waals surface area contributed by atoms with Gasteiger partial charge in [-0.1, -0.05) is 0 Å². The Morgan fingerprint density at radius 2 is 2.14 bits per heavy atom. The fraction of sp³-hybridized carbons (Fsp3) is 1.00. The van der Waals surface area contributed by atoms with Crippen LogP contribution in [-0.2, 0) is 14.1 Å². The molecule has 0 radical (unpaired) electrons. The Balaban J connectivity index is 2.76. The SMILES string of the molecule is N=S1(=N)CCCO1. The van der Waals surface area contributed by atoms with Gasteiger partial charge in [-0.2, -0.15) is 0 Å². The zero-order valence-corrected chi connectivity index (χ0v) is 4.75. The maximum Gasteiger partial charge on any atom is 0.0641 e. The molecule has 0 unspecified atom stereocenters. The number of hydrogen-bond donors (Lipinski definition) is 2. The van der Waals surface area contributed by atoms with Crippen molar-refractivity contribution in [1.82, 2.24) is 0 Å². The first-order valence-electron chi connectivity index (χ1n) is 2.15. The first kappa shape index (κ1) is 5.05. The number of rotatable bonds is 0. The Morgan fingerprint density at radius 3 is 2.29 bits per heavy atom. The van der Waals surface area contributed by atoms with Gasteiger partial charge in [-0.05, 0) is 6.42 Å². The lowest BCUT2D eigenvalue weighted by molar-refractivity contribution is 0.391. The molecule has 0 amide bonds. The zero-order chi connectivity index (χ0) is 5.33. The fourth-order valence-corrected chi connectivity index (χ4v) is 1.57. The van der Waals surface area contributed by atoms with Crippen LogP contribution in [0.15, 0.2) is 0 Å². The molecule has 2 N–H and O–H groups in total. The average Bonchev–Trinajstić information content (AvgIpc) is 1.84. The molecule has 0 bridgehead atoms. The first-order valence-corrected chi connectivity index (χ1v) is 3.88. The summed E-state index contributed by atoms with van der Waals surface area (Å²) >= 11 is 0. The van der Waals surface area contributed by atoms with Crippen molar-refractivity contribution in [3.8, 4) is 0 Å². The third-order valence-electron chi connectivity index (χ3n) is 0.861. The summed E-state index contributed by atoms with van der Waals surface area (Å²) in [6, 6.07) is 0. The molecule has 0 atom stereocenters. The van der Waals surface area contributed by atoms with Crippen LogP contribution in [0, 0.1) is 9.56 Å². The van der Waals surface area contributed by atoms with Gasteiger partial charge in [0.05, 0.1) is 6.61 Å². The van der Waals surface area contributed by atoms with E-state index < -0.39 is 9.90 Å². The van der Waals surface area contributed by atoms with E-state index in [0.717, 1.165) is 6.42 Å². The van der Waals surface area contributed by atoms with E-state index in [9.17, 15) is 0 Å². The molecule has 0 aliphatic carbocycles. The molecule has 1 fully saturated rings. The predicted octanol–water partition coefficient (Wildman–Crippen LogP) is 1.00. The highest BCUT2D eigenvalue weighted by molar-refractivity contribution is 7.89. The van der Waals surface area contributed by atoms with Gasteiger partial charge in [0, 0.05) is 15.7 Å². The van der Waals surface area contributed by atoms with E-state index >= 15 is 0 Å². The summed E-state index contributed by atoms with van der Waals surface area (Å²) in [6.45, 7) is 0.627. The number of hydrogen-bond acceptors (Lipinski definition) is 3. The van der Waals surface area contributed by atoms with Crippen LogP contribution >= 0.6 is 0 Å². The standard InChI is InChI=1S/C3H8N2OS/c4-7(5)3-1-2-6-7/h4-5H,1-3H2. The van der Waals surface area contributed by atoms with Gasteiger partial charge in [-0.3, -0.25) is 4.18 Å². The molecule has 1 aliphatic heterocycles. The number of nitrogens with one attached hydrogen (secondary N) is 2. The van der Waals surface area contributed by atoms with Gasteiger partial charge in [-0.25, -0.2) is 9.56 Å². The maximum atomic E-state index is 7.01. The molecule has 0 saturated carbocycles. The Bertz CT molecular complexity index is 136. The summed E-state index contributed by atoms with van der Waals surface area (Å²) in [7, 11) is -2.05. The quantitative estimate of drug-likeness (QED) is 0.492. The van der Waals surface area contributed by atoms with E-state index in [1.807, 2.05) is 0 Å². The van der Waals surface area contributed by atoms with Crippen molar-refractivity contribution < 1.29 is 4.18 Å². The second-order valence-electron chi connectivity index (χ2n) is 1.55. The van der Waals surface area contributed by atoms with Crippen LogP contribution in [0.2, 0.25) is 0 Å². The second kappa shape index (κ2) is 1.45. The van der Waals surface area contributed by atoms with Crippen molar-refractivity contribution in [2.75, 3.05) is 12.4 Å². The molecule has 3 nitrogen and oxygen atoms in total. The molecular formula is C3H8N2OS. The Morgan fingerprint density at radius 1 is 1.43 bits per heavy atom. The third kappa shape index (κ3) is 1.14. The maximum absolute atomic E-state index is 7.01. The van der Waals surface area contributed by atoms with Gasteiger partial charge >= 0.3 is 0 Å². The van der Waals surface area contributed by atoms with Gasteiger partial charge < -0.3 is 0 Å². The highest BCUT2D eigenvalue weighted by atomic mass is 32.2. The minimum atomic E-state index is -2.05. The molecule has 0 aromatic heterocycles. The normalized spacial score (nSPS) is 28.0. The second-order valence-corrected chi connectivity index (χ2v) is 3.55. The fourth-order valence-electron chi connectivity index (χ4n) is 0.522. The Labute approximate surface area is 43.3 Å². The molecule has 1 heterocycles. The highest BCUT2D eigenvalue weighted by Gasteiger charge is 2.08. The van der Waals surface area contributed by atoms with E-state index in [0.29, 0.717) is 12.4 Å². The molecule has 1 aliphatic rings. The lowest BCUT2D eigenvalue weighted by atomic mass is 10.5. The van der Waals surface area contributed by atoms with Crippen LogP contribution in [0.1, 0.15) is 6.42 Å². The molecule has 4 heteroatoms. The van der Waals surface area contributed by atoms with Crippen molar-refractivity contribution in [2.24, 2.45) is 0 Å². The molecule has 1 saturated heterocycles. The van der Waals surface area contributed by atoms with E-state index in [1.54, 1.807) is 0 Å². The largest absolute Gasteiger partial charge is 0.300 e. The van der Waals surface area contributed by atoms with E-state index in [-0.39, 0.29) is 0 Å². The van der Waals surface area contributed by atoms with Crippen LogP contribution in [0.4, 0.5) is 0 Å². The summed E-state index contributed by atoms with van der Waals surface area (Å²) in [5, 5.41) is 0. The summed E-state index contributed by atoms with van der Waals surface area (Å²) in [6.07, 6.45) is 0.905. The summed E-state index contributed by atoms with van der Waals surface area (Å²) in [5.74, 6) is 0.646. The minimum absolute atomic E-state index is 0.627. The van der Waals surface area contributed by atoms with Gasteiger partial charge in [0.15, 0.2) is 0 Å². The van der Waals surface area contributed by atoms with Gasteiger partial charge in [0.2, 0.25) is 0 Å². The predicted molar refractivity (Wildman–Crippen MR) is 28.2 cm³/mol. The Hall–Kier alpha value is -0.0900. The molecule has 42 valence electrons. The van der Waals surface area contributed by atoms with Crippen molar-refractivity contribution in [2.45, 2.75) is 6.42 Å². The lowest BCUT2D eigenvalue weighted by Gasteiger charge is -1.94. The van der Waals surface area contributed by atoms with Gasteiger partial charge in [0.1, 0.15) is 0 Å². The van der Waals surface area contributed by atoms with Crippen LogP contribution in [0.3, 0.4) is 0 Å². The van der Waals surface area contributed by atoms with Crippen molar-refractivity contribution in [3.05, 3.63) is 0 Å². The average molecular weight is 120 g/mol. The molecule has 0 aromatic rings. The van der Waals surface area contributed by atoms with Crippen LogP contribution in [0.5, 0.6) is 0 Å². The lowest BCUT2D eigenvalue weighted by Crippen LogP contribution is -1.91. The molecule has 7 heavy (non-hydrogen) atoms. The Kier molecular flexibility index (Phi) is 1.05. The first-order chi connectivity index (χ1) is 3.21. The van der Waals surface area contributed by atoms with Crippen molar-refractivity contribution in [1.29, 1.82) is 9.56 Å². The summed E-state index contributed by atoms with van der Waals surface area (Å²) in [5.41, 5.74) is 0. The highest BCUT2D eigenvalue weighted by Crippen LogP contribution is 2.07.